The number of rotatable bonds is 4. The summed E-state index contributed by atoms with van der Waals surface area (Å²) in [6.45, 7) is 8.09. The van der Waals surface area contributed by atoms with Gasteiger partial charge in [-0.3, -0.25) is 5.32 Å². The number of hydrogen-bond donors (Lipinski definition) is 1. The van der Waals surface area contributed by atoms with E-state index >= 15 is 0 Å². The highest BCUT2D eigenvalue weighted by molar-refractivity contribution is 5.84. The highest BCUT2D eigenvalue weighted by Crippen LogP contribution is 2.13. The van der Waals surface area contributed by atoms with Crippen LogP contribution in [0.1, 0.15) is 32.8 Å². The van der Waals surface area contributed by atoms with Crippen LogP contribution in [0.5, 0.6) is 0 Å². The van der Waals surface area contributed by atoms with Crippen LogP contribution in [-0.2, 0) is 4.74 Å². The molecular formula is C14H21NO2. The van der Waals surface area contributed by atoms with Crippen molar-refractivity contribution in [3.8, 4) is 0 Å². The number of carbonyl (C=O) groups excluding carboxylic acids is 1. The van der Waals surface area contributed by atoms with E-state index in [2.05, 4.69) is 19.2 Å². The molecule has 0 aromatic heterocycles. The van der Waals surface area contributed by atoms with Crippen molar-refractivity contribution in [1.82, 2.24) is 0 Å². The van der Waals surface area contributed by atoms with Gasteiger partial charge in [0, 0.05) is 5.69 Å². The number of carbonyl (C=O) groups is 1. The molecule has 0 spiro atoms. The maximum absolute atomic E-state index is 11.6. The zero-order valence-electron chi connectivity index (χ0n) is 11.0. The van der Waals surface area contributed by atoms with Gasteiger partial charge in [0.25, 0.3) is 0 Å². The molecule has 0 heterocycles. The minimum Gasteiger partial charge on any atom is -0.446 e. The lowest BCUT2D eigenvalue weighted by atomic mass is 10.0. The average Bonchev–Trinajstić information content (AvgIpc) is 2.30. The molecule has 0 radical (unpaired) electrons. The molecule has 17 heavy (non-hydrogen) atoms. The second-order valence-corrected chi connectivity index (χ2v) is 4.49. The Bertz CT molecular complexity index is 359. The summed E-state index contributed by atoms with van der Waals surface area (Å²) >= 11 is 0. The zero-order valence-corrected chi connectivity index (χ0v) is 11.0. The number of nitrogens with one attached hydrogen (secondary N) is 1. The predicted molar refractivity (Wildman–Crippen MR) is 70.2 cm³/mol. The maximum Gasteiger partial charge on any atom is 0.411 e. The van der Waals surface area contributed by atoms with Gasteiger partial charge in [-0.15, -0.1) is 0 Å². The number of ether oxygens (including phenoxy) is 1. The summed E-state index contributed by atoms with van der Waals surface area (Å²) in [5.74, 6) is 0.374. The van der Waals surface area contributed by atoms with E-state index in [1.807, 2.05) is 38.1 Å². The third-order valence-electron chi connectivity index (χ3n) is 3.04. The van der Waals surface area contributed by atoms with Gasteiger partial charge < -0.3 is 4.74 Å². The van der Waals surface area contributed by atoms with E-state index in [4.69, 9.17) is 4.74 Å². The van der Waals surface area contributed by atoms with Crippen LogP contribution in [0.2, 0.25) is 0 Å². The Hall–Kier alpha value is -1.51. The molecule has 0 aliphatic heterocycles. The lowest BCUT2D eigenvalue weighted by molar-refractivity contribution is 0.0877. The van der Waals surface area contributed by atoms with Crippen LogP contribution in [0.4, 0.5) is 10.5 Å². The second-order valence-electron chi connectivity index (χ2n) is 4.49. The third kappa shape index (κ3) is 4.47. The molecule has 1 rings (SSSR count). The van der Waals surface area contributed by atoms with Crippen LogP contribution in [0.3, 0.4) is 0 Å². The number of amides is 1. The van der Waals surface area contributed by atoms with E-state index in [1.54, 1.807) is 0 Å². The minimum atomic E-state index is -0.387. The predicted octanol–water partition coefficient (Wildman–Crippen LogP) is 3.98. The smallest absolute Gasteiger partial charge is 0.411 e. The molecule has 2 atom stereocenters. The van der Waals surface area contributed by atoms with Gasteiger partial charge in [0.15, 0.2) is 0 Å². The molecule has 0 aliphatic carbocycles. The van der Waals surface area contributed by atoms with Crippen LogP contribution in [-0.4, -0.2) is 12.2 Å². The van der Waals surface area contributed by atoms with Crippen molar-refractivity contribution in [2.24, 2.45) is 5.92 Å². The SMILES string of the molecule is CCC(C)C(C)OC(=O)Nc1ccc(C)cc1. The normalized spacial score (nSPS) is 13.9. The van der Waals surface area contributed by atoms with Crippen LogP contribution < -0.4 is 5.32 Å². The second kappa shape index (κ2) is 6.28. The zero-order chi connectivity index (χ0) is 12.8. The molecule has 3 nitrogen and oxygen atoms in total. The van der Waals surface area contributed by atoms with E-state index in [0.717, 1.165) is 17.7 Å². The molecule has 0 saturated heterocycles. The van der Waals surface area contributed by atoms with E-state index < -0.39 is 0 Å². The van der Waals surface area contributed by atoms with Gasteiger partial charge in [-0.2, -0.15) is 0 Å². The van der Waals surface area contributed by atoms with E-state index in [-0.39, 0.29) is 12.2 Å². The molecule has 94 valence electrons. The van der Waals surface area contributed by atoms with Gasteiger partial charge in [0.2, 0.25) is 0 Å². The maximum atomic E-state index is 11.6. The first-order valence-electron chi connectivity index (χ1n) is 6.07. The largest absolute Gasteiger partial charge is 0.446 e. The lowest BCUT2D eigenvalue weighted by Gasteiger charge is -2.19. The number of benzene rings is 1. The Morgan fingerprint density at radius 3 is 2.41 bits per heavy atom. The van der Waals surface area contributed by atoms with E-state index in [9.17, 15) is 4.79 Å². The minimum absolute atomic E-state index is 0.0644. The van der Waals surface area contributed by atoms with Gasteiger partial charge in [-0.1, -0.05) is 38.0 Å². The molecule has 2 unspecified atom stereocenters. The third-order valence-corrected chi connectivity index (χ3v) is 3.04. The Labute approximate surface area is 103 Å². The summed E-state index contributed by atoms with van der Waals surface area (Å²) in [6.07, 6.45) is 0.547. The summed E-state index contributed by atoms with van der Waals surface area (Å²) in [6, 6.07) is 7.64. The first-order chi connectivity index (χ1) is 8.02. The molecule has 3 heteroatoms. The number of aryl methyl sites for hydroxylation is 1. The standard InChI is InChI=1S/C14H21NO2/c1-5-11(3)12(4)17-14(16)15-13-8-6-10(2)7-9-13/h6-9,11-12H,5H2,1-4H3,(H,15,16). The fourth-order valence-electron chi connectivity index (χ4n) is 1.40. The van der Waals surface area contributed by atoms with Crippen molar-refractivity contribution in [3.05, 3.63) is 29.8 Å². The van der Waals surface area contributed by atoms with Gasteiger partial charge in [0.1, 0.15) is 6.10 Å². The summed E-state index contributed by atoms with van der Waals surface area (Å²) in [5.41, 5.74) is 1.92. The molecule has 0 aliphatic rings. The van der Waals surface area contributed by atoms with Crippen molar-refractivity contribution in [3.63, 3.8) is 0 Å². The van der Waals surface area contributed by atoms with Gasteiger partial charge in [0.05, 0.1) is 0 Å². The van der Waals surface area contributed by atoms with Crippen LogP contribution in [0.25, 0.3) is 0 Å². The molecule has 1 aromatic carbocycles. The summed E-state index contributed by atoms with van der Waals surface area (Å²) < 4.78 is 5.29. The quantitative estimate of drug-likeness (QED) is 0.857. The van der Waals surface area contributed by atoms with Crippen molar-refractivity contribution in [1.29, 1.82) is 0 Å². The first kappa shape index (κ1) is 13.6. The van der Waals surface area contributed by atoms with Crippen molar-refractivity contribution >= 4 is 11.8 Å². The molecule has 0 bridgehead atoms. The monoisotopic (exact) mass is 235 g/mol. The molecule has 1 N–H and O–H groups in total. The Morgan fingerprint density at radius 1 is 1.29 bits per heavy atom. The molecule has 1 amide bonds. The first-order valence-corrected chi connectivity index (χ1v) is 6.07. The summed E-state index contributed by atoms with van der Waals surface area (Å²) in [7, 11) is 0. The van der Waals surface area contributed by atoms with Crippen molar-refractivity contribution < 1.29 is 9.53 Å². The van der Waals surface area contributed by atoms with Gasteiger partial charge >= 0.3 is 6.09 Å². The number of hydrogen-bond acceptors (Lipinski definition) is 2. The topological polar surface area (TPSA) is 38.3 Å². The van der Waals surface area contributed by atoms with Crippen molar-refractivity contribution in [2.45, 2.75) is 40.2 Å². The molecule has 1 aromatic rings. The van der Waals surface area contributed by atoms with Crippen LogP contribution in [0, 0.1) is 12.8 Å². The fourth-order valence-corrected chi connectivity index (χ4v) is 1.40. The molecular weight excluding hydrogens is 214 g/mol. The highest BCUT2D eigenvalue weighted by Gasteiger charge is 2.14. The van der Waals surface area contributed by atoms with Crippen LogP contribution in [0.15, 0.2) is 24.3 Å². The average molecular weight is 235 g/mol. The molecule has 0 saturated carbocycles. The van der Waals surface area contributed by atoms with Gasteiger partial charge in [-0.25, -0.2) is 4.79 Å². The summed E-state index contributed by atoms with van der Waals surface area (Å²) in [4.78, 5) is 11.6. The van der Waals surface area contributed by atoms with Gasteiger partial charge in [-0.05, 0) is 31.9 Å². The Kier molecular flexibility index (Phi) is 5.01. The van der Waals surface area contributed by atoms with Crippen LogP contribution >= 0.6 is 0 Å². The fraction of sp³-hybridized carbons (Fsp3) is 0.500. The Balaban J connectivity index is 2.47. The van der Waals surface area contributed by atoms with E-state index in [1.165, 1.54) is 0 Å². The number of anilines is 1. The highest BCUT2D eigenvalue weighted by atomic mass is 16.6. The summed E-state index contributed by atoms with van der Waals surface area (Å²) in [5, 5.41) is 2.72. The Morgan fingerprint density at radius 2 is 1.88 bits per heavy atom. The van der Waals surface area contributed by atoms with Crippen molar-refractivity contribution in [2.75, 3.05) is 5.32 Å². The molecule has 0 fully saturated rings. The van der Waals surface area contributed by atoms with E-state index in [0.29, 0.717) is 5.92 Å². The lowest BCUT2D eigenvalue weighted by Crippen LogP contribution is -2.25.